The summed E-state index contributed by atoms with van der Waals surface area (Å²) in [6.45, 7) is 3.93. The normalized spacial score (nSPS) is 25.4. The van der Waals surface area contributed by atoms with Gasteiger partial charge in [0.25, 0.3) is 0 Å². The molecule has 0 amide bonds. The summed E-state index contributed by atoms with van der Waals surface area (Å²) >= 11 is 0. The number of pyridine rings is 1. The van der Waals surface area contributed by atoms with Crippen LogP contribution in [0.25, 0.3) is 16.9 Å². The second-order valence-corrected chi connectivity index (χ2v) is 9.52. The van der Waals surface area contributed by atoms with Crippen LogP contribution in [0.15, 0.2) is 72.9 Å². The van der Waals surface area contributed by atoms with Crippen LogP contribution in [0.1, 0.15) is 42.4 Å². The molecule has 3 atom stereocenters. The van der Waals surface area contributed by atoms with Crippen LogP contribution < -0.4 is 0 Å². The Balaban J connectivity index is 1.65. The Morgan fingerprint density at radius 2 is 1.97 bits per heavy atom. The Labute approximate surface area is 198 Å². The molecular formula is C28H26N4O2. The maximum absolute atomic E-state index is 13.1. The number of hydrogen-bond donors (Lipinski definition) is 1. The lowest BCUT2D eigenvalue weighted by Crippen LogP contribution is -2.51. The van der Waals surface area contributed by atoms with Crippen molar-refractivity contribution in [1.29, 1.82) is 0 Å². The summed E-state index contributed by atoms with van der Waals surface area (Å²) < 4.78 is 2.01. The van der Waals surface area contributed by atoms with Gasteiger partial charge < -0.3 is 9.51 Å². The zero-order chi connectivity index (χ0) is 23.4. The van der Waals surface area contributed by atoms with Crippen LogP contribution in [0.3, 0.4) is 0 Å². The molecule has 1 fully saturated rings. The Morgan fingerprint density at radius 1 is 1.15 bits per heavy atom. The number of allylic oxidation sites excluding steroid dienone is 1. The number of hydrogen-bond acceptors (Lipinski definition) is 5. The highest BCUT2D eigenvalue weighted by Crippen LogP contribution is 2.56. The van der Waals surface area contributed by atoms with Crippen molar-refractivity contribution in [3.63, 3.8) is 0 Å². The van der Waals surface area contributed by atoms with Gasteiger partial charge in [0.15, 0.2) is 5.78 Å². The molecule has 6 rings (SSSR count). The summed E-state index contributed by atoms with van der Waals surface area (Å²) in [5.41, 5.74) is 6.06. The van der Waals surface area contributed by atoms with Gasteiger partial charge in [0.1, 0.15) is 11.5 Å². The summed E-state index contributed by atoms with van der Waals surface area (Å²) in [6.07, 6.45) is 8.91. The van der Waals surface area contributed by atoms with Crippen molar-refractivity contribution < 1.29 is 9.90 Å². The summed E-state index contributed by atoms with van der Waals surface area (Å²) in [6, 6.07) is 14.4. The van der Waals surface area contributed by atoms with E-state index in [2.05, 4.69) is 29.4 Å². The highest BCUT2D eigenvalue weighted by atomic mass is 16.2. The van der Waals surface area contributed by atoms with Gasteiger partial charge >= 0.3 is 0 Å². The molecule has 0 bridgehead atoms. The van der Waals surface area contributed by atoms with E-state index in [9.17, 15) is 9.90 Å². The molecule has 6 nitrogen and oxygen atoms in total. The average Bonchev–Trinajstić information content (AvgIpc) is 3.34. The van der Waals surface area contributed by atoms with Gasteiger partial charge in [-0.15, -0.1) is 0 Å². The molecule has 1 saturated carbocycles. The number of carbonyl (C=O) groups excluding carboxylic acids is 1. The van der Waals surface area contributed by atoms with Crippen LogP contribution in [0.4, 0.5) is 0 Å². The standard InChI is InChI=1S/C28H26N4O2/c1-17-23-10-9-22-25(19-8-11-24-29-12-13-32(24)15-19)30-18(2)31-27(22)28(23,14-20(16-33)26(17)34)21-6-4-3-5-7-21/h3-8,11-13,15-17,23,33H,9-10,14H2,1-2H3/t17-,23-,28+/m0/s1. The lowest BCUT2D eigenvalue weighted by molar-refractivity contribution is -0.123. The van der Waals surface area contributed by atoms with E-state index in [-0.39, 0.29) is 17.6 Å². The molecule has 3 heterocycles. The Morgan fingerprint density at radius 3 is 2.76 bits per heavy atom. The van der Waals surface area contributed by atoms with E-state index in [0.717, 1.165) is 52.8 Å². The number of aliphatic hydroxyl groups excluding tert-OH is 1. The van der Waals surface area contributed by atoms with Crippen molar-refractivity contribution in [2.45, 2.75) is 38.5 Å². The van der Waals surface area contributed by atoms with Crippen LogP contribution in [-0.2, 0) is 16.6 Å². The van der Waals surface area contributed by atoms with Crippen molar-refractivity contribution in [3.05, 3.63) is 95.5 Å². The minimum Gasteiger partial charge on any atom is -0.515 e. The highest BCUT2D eigenvalue weighted by Gasteiger charge is 2.55. The van der Waals surface area contributed by atoms with E-state index in [0.29, 0.717) is 17.8 Å². The number of benzene rings is 1. The van der Waals surface area contributed by atoms with Crippen LogP contribution in [0.5, 0.6) is 0 Å². The average molecular weight is 451 g/mol. The largest absolute Gasteiger partial charge is 0.515 e. The molecule has 2 aliphatic carbocycles. The van der Waals surface area contributed by atoms with E-state index in [1.165, 1.54) is 0 Å². The third-order valence-electron chi connectivity index (χ3n) is 7.79. The Bertz CT molecular complexity index is 1460. The molecule has 3 aromatic heterocycles. The third-order valence-corrected chi connectivity index (χ3v) is 7.79. The van der Waals surface area contributed by atoms with E-state index < -0.39 is 5.41 Å². The molecule has 0 spiro atoms. The van der Waals surface area contributed by atoms with Crippen molar-refractivity contribution in [3.8, 4) is 11.3 Å². The van der Waals surface area contributed by atoms with Gasteiger partial charge in [-0.2, -0.15) is 0 Å². The monoisotopic (exact) mass is 450 g/mol. The third kappa shape index (κ3) is 2.87. The van der Waals surface area contributed by atoms with Crippen LogP contribution >= 0.6 is 0 Å². The summed E-state index contributed by atoms with van der Waals surface area (Å²) in [5.74, 6) is 0.631. The molecule has 34 heavy (non-hydrogen) atoms. The molecular weight excluding hydrogens is 424 g/mol. The van der Waals surface area contributed by atoms with Gasteiger partial charge in [0.2, 0.25) is 0 Å². The quantitative estimate of drug-likeness (QED) is 0.343. The molecule has 2 aliphatic rings. The molecule has 6 heteroatoms. The minimum atomic E-state index is -0.502. The van der Waals surface area contributed by atoms with Crippen molar-refractivity contribution in [1.82, 2.24) is 19.4 Å². The number of aromatic nitrogens is 4. The molecule has 170 valence electrons. The first kappa shape index (κ1) is 20.8. The number of nitrogens with zero attached hydrogens (tertiary/aromatic N) is 4. The maximum atomic E-state index is 13.1. The van der Waals surface area contributed by atoms with Crippen molar-refractivity contribution >= 4 is 11.4 Å². The first-order valence-electron chi connectivity index (χ1n) is 11.8. The second-order valence-electron chi connectivity index (χ2n) is 9.52. The van der Waals surface area contributed by atoms with Gasteiger partial charge in [0.05, 0.1) is 17.6 Å². The molecule has 0 saturated heterocycles. The number of fused-ring (bicyclic) bond motifs is 4. The van der Waals surface area contributed by atoms with E-state index in [1.54, 1.807) is 6.20 Å². The van der Waals surface area contributed by atoms with Crippen LogP contribution in [-0.4, -0.2) is 30.2 Å². The summed E-state index contributed by atoms with van der Waals surface area (Å²) in [4.78, 5) is 27.4. The first-order chi connectivity index (χ1) is 16.5. The number of aryl methyl sites for hydroxylation is 1. The molecule has 4 aromatic rings. The number of Topliss-reactive ketones (excluding diaryl/α,β-unsaturated/α-hetero) is 1. The van der Waals surface area contributed by atoms with Crippen LogP contribution in [0.2, 0.25) is 0 Å². The van der Waals surface area contributed by atoms with Gasteiger partial charge in [0, 0.05) is 46.6 Å². The fraction of sp³-hybridized carbons (Fsp3) is 0.286. The smallest absolute Gasteiger partial charge is 0.165 e. The lowest BCUT2D eigenvalue weighted by Gasteiger charge is -2.51. The summed E-state index contributed by atoms with van der Waals surface area (Å²) in [7, 11) is 0. The number of ketones is 1. The second kappa shape index (κ2) is 7.62. The first-order valence-corrected chi connectivity index (χ1v) is 11.8. The number of aliphatic hydroxyl groups is 1. The Hall–Kier alpha value is -3.80. The zero-order valence-electron chi connectivity index (χ0n) is 19.3. The van der Waals surface area contributed by atoms with Gasteiger partial charge in [-0.05, 0) is 49.8 Å². The van der Waals surface area contributed by atoms with E-state index >= 15 is 0 Å². The fourth-order valence-electron chi connectivity index (χ4n) is 6.27. The predicted octanol–water partition coefficient (Wildman–Crippen LogP) is 5.00. The molecule has 1 N–H and O–H groups in total. The lowest BCUT2D eigenvalue weighted by atomic mass is 9.52. The zero-order valence-corrected chi connectivity index (χ0v) is 19.3. The summed E-state index contributed by atoms with van der Waals surface area (Å²) in [5, 5.41) is 10.0. The maximum Gasteiger partial charge on any atom is 0.165 e. The number of carbonyl (C=O) groups is 1. The highest BCUT2D eigenvalue weighted by molar-refractivity contribution is 5.98. The Kier molecular flexibility index (Phi) is 4.66. The molecule has 1 aromatic carbocycles. The fourth-order valence-corrected chi connectivity index (χ4v) is 6.27. The molecule has 0 radical (unpaired) electrons. The van der Waals surface area contributed by atoms with Gasteiger partial charge in [-0.1, -0.05) is 37.3 Å². The molecule has 0 unspecified atom stereocenters. The van der Waals surface area contributed by atoms with Gasteiger partial charge in [-0.3, -0.25) is 4.79 Å². The van der Waals surface area contributed by atoms with Crippen molar-refractivity contribution in [2.24, 2.45) is 11.8 Å². The van der Waals surface area contributed by atoms with Crippen LogP contribution in [0, 0.1) is 18.8 Å². The van der Waals surface area contributed by atoms with Crippen molar-refractivity contribution in [2.75, 3.05) is 0 Å². The van der Waals surface area contributed by atoms with E-state index in [1.807, 2.05) is 48.7 Å². The molecule has 0 aliphatic heterocycles. The van der Waals surface area contributed by atoms with E-state index in [4.69, 9.17) is 9.97 Å². The SMILES string of the molecule is Cc1nc(-c2ccc3nccn3c2)c2c(n1)[C@@]1(c3ccccc3)CC(=CO)C(=O)[C@@H](C)[C@@H]1CC2. The number of rotatable bonds is 2. The number of imidazole rings is 1. The minimum absolute atomic E-state index is 0.0408. The predicted molar refractivity (Wildman–Crippen MR) is 129 cm³/mol. The van der Waals surface area contributed by atoms with Gasteiger partial charge in [-0.25, -0.2) is 15.0 Å². The topological polar surface area (TPSA) is 80.4 Å².